The van der Waals surface area contributed by atoms with E-state index in [1.54, 1.807) is 36.7 Å². The van der Waals surface area contributed by atoms with Gasteiger partial charge in [-0.05, 0) is 36.8 Å². The summed E-state index contributed by atoms with van der Waals surface area (Å²) in [6, 6.07) is 10.6. The highest BCUT2D eigenvalue weighted by Gasteiger charge is 2.11. The van der Waals surface area contributed by atoms with E-state index in [9.17, 15) is 9.59 Å². The fourth-order valence-electron chi connectivity index (χ4n) is 2.43. The van der Waals surface area contributed by atoms with Crippen LogP contribution in [0.2, 0.25) is 0 Å². The van der Waals surface area contributed by atoms with E-state index in [0.717, 1.165) is 5.56 Å². The van der Waals surface area contributed by atoms with E-state index < -0.39 is 0 Å². The first-order chi connectivity index (χ1) is 11.6. The Labute approximate surface area is 138 Å². The molecule has 0 aliphatic carbocycles. The van der Waals surface area contributed by atoms with Crippen LogP contribution in [-0.4, -0.2) is 25.9 Å². The molecule has 0 radical (unpaired) electrons. The highest BCUT2D eigenvalue weighted by Crippen LogP contribution is 2.10. The topological polar surface area (TPSA) is 89.8 Å². The summed E-state index contributed by atoms with van der Waals surface area (Å²) >= 11 is 0. The third-order valence-electron chi connectivity index (χ3n) is 3.76. The number of hydrogen-bond acceptors (Lipinski definition) is 5. The van der Waals surface area contributed by atoms with E-state index in [2.05, 4.69) is 20.6 Å². The number of nitrogens with zero attached hydrogens (tertiary/aromatic N) is 4. The van der Waals surface area contributed by atoms with E-state index in [4.69, 9.17) is 0 Å². The molecule has 0 aliphatic heterocycles. The molecule has 1 amide bonds. The molecule has 1 unspecified atom stereocenters. The van der Waals surface area contributed by atoms with Crippen LogP contribution in [0.25, 0.3) is 10.9 Å². The lowest BCUT2D eigenvalue weighted by Crippen LogP contribution is -2.30. The monoisotopic (exact) mass is 323 g/mol. The molecule has 1 aromatic carbocycles. The number of benzene rings is 1. The molecule has 2 aromatic heterocycles. The summed E-state index contributed by atoms with van der Waals surface area (Å²) in [7, 11) is 0. The molecule has 3 aromatic rings. The van der Waals surface area contributed by atoms with Gasteiger partial charge in [0.1, 0.15) is 5.52 Å². The maximum Gasteiger partial charge on any atom is 0.277 e. The van der Waals surface area contributed by atoms with E-state index >= 15 is 0 Å². The maximum absolute atomic E-state index is 12.3. The third-order valence-corrected chi connectivity index (χ3v) is 3.76. The molecule has 122 valence electrons. The largest absolute Gasteiger partial charge is 0.350 e. The van der Waals surface area contributed by atoms with Crippen LogP contribution in [0.3, 0.4) is 0 Å². The molecule has 7 heteroatoms. The number of carbonyl (C=O) groups is 1. The zero-order chi connectivity index (χ0) is 16.9. The summed E-state index contributed by atoms with van der Waals surface area (Å²) < 4.78 is 1.22. The van der Waals surface area contributed by atoms with Crippen molar-refractivity contribution in [1.82, 2.24) is 25.3 Å². The second-order valence-electron chi connectivity index (χ2n) is 5.45. The Morgan fingerprint density at radius 2 is 1.96 bits per heavy atom. The van der Waals surface area contributed by atoms with Gasteiger partial charge in [0.05, 0.1) is 18.0 Å². The lowest BCUT2D eigenvalue weighted by Gasteiger charge is -2.14. The predicted molar refractivity (Wildman–Crippen MR) is 89.2 cm³/mol. The highest BCUT2D eigenvalue weighted by atomic mass is 16.2. The Hall–Kier alpha value is -3.09. The van der Waals surface area contributed by atoms with Crippen LogP contribution in [0.4, 0.5) is 0 Å². The molecular formula is C17H17N5O2. The van der Waals surface area contributed by atoms with Gasteiger partial charge in [-0.3, -0.25) is 14.6 Å². The number of aryl methyl sites for hydroxylation is 1. The first-order valence-corrected chi connectivity index (χ1v) is 7.67. The zero-order valence-corrected chi connectivity index (χ0v) is 13.2. The molecule has 0 saturated carbocycles. The molecule has 1 atom stereocenters. The quantitative estimate of drug-likeness (QED) is 0.767. The number of carbonyl (C=O) groups excluding carboxylic acids is 1. The van der Waals surface area contributed by atoms with Crippen LogP contribution in [0.15, 0.2) is 53.6 Å². The number of hydrogen-bond donors (Lipinski definition) is 1. The van der Waals surface area contributed by atoms with Gasteiger partial charge in [-0.1, -0.05) is 17.3 Å². The Balaban J connectivity index is 1.64. The molecule has 2 heterocycles. The SMILES string of the molecule is CC(NC(=O)CCn1nnc2ccccc2c1=O)c1ccncc1. The van der Waals surface area contributed by atoms with Crippen LogP contribution in [0, 0.1) is 0 Å². The van der Waals surface area contributed by atoms with Crippen molar-refractivity contribution in [3.63, 3.8) is 0 Å². The Morgan fingerprint density at radius 1 is 1.21 bits per heavy atom. The molecule has 0 saturated heterocycles. The molecule has 24 heavy (non-hydrogen) atoms. The number of nitrogens with one attached hydrogen (secondary N) is 1. The summed E-state index contributed by atoms with van der Waals surface area (Å²) in [4.78, 5) is 28.3. The molecule has 1 N–H and O–H groups in total. The lowest BCUT2D eigenvalue weighted by molar-refractivity contribution is -0.122. The molecular weight excluding hydrogens is 306 g/mol. The van der Waals surface area contributed by atoms with Gasteiger partial charge in [-0.25, -0.2) is 4.68 Å². The van der Waals surface area contributed by atoms with Crippen LogP contribution in [-0.2, 0) is 11.3 Å². The van der Waals surface area contributed by atoms with E-state index in [0.29, 0.717) is 10.9 Å². The Morgan fingerprint density at radius 3 is 2.75 bits per heavy atom. The lowest BCUT2D eigenvalue weighted by atomic mass is 10.1. The van der Waals surface area contributed by atoms with Crippen molar-refractivity contribution < 1.29 is 4.79 Å². The van der Waals surface area contributed by atoms with Gasteiger partial charge in [0, 0.05) is 18.8 Å². The van der Waals surface area contributed by atoms with E-state index in [-0.39, 0.29) is 30.5 Å². The minimum absolute atomic E-state index is 0.125. The predicted octanol–water partition coefficient (Wildman–Crippen LogP) is 1.45. The second-order valence-corrected chi connectivity index (χ2v) is 5.45. The van der Waals surface area contributed by atoms with Crippen LogP contribution >= 0.6 is 0 Å². The van der Waals surface area contributed by atoms with Gasteiger partial charge in [0.15, 0.2) is 0 Å². The van der Waals surface area contributed by atoms with Gasteiger partial charge in [-0.2, -0.15) is 0 Å². The first kappa shape index (κ1) is 15.8. The number of amides is 1. The maximum atomic E-state index is 12.3. The molecule has 7 nitrogen and oxygen atoms in total. The average Bonchev–Trinajstić information content (AvgIpc) is 2.62. The van der Waals surface area contributed by atoms with Gasteiger partial charge in [-0.15, -0.1) is 5.10 Å². The van der Waals surface area contributed by atoms with Crippen molar-refractivity contribution >= 4 is 16.8 Å². The zero-order valence-electron chi connectivity index (χ0n) is 13.2. The highest BCUT2D eigenvalue weighted by molar-refractivity contribution is 5.77. The molecule has 0 spiro atoms. The third kappa shape index (κ3) is 3.45. The summed E-state index contributed by atoms with van der Waals surface area (Å²) in [6.07, 6.45) is 3.52. The van der Waals surface area contributed by atoms with Crippen LogP contribution < -0.4 is 10.9 Å². The Bertz CT molecular complexity index is 908. The number of pyridine rings is 1. The van der Waals surface area contributed by atoms with Crippen molar-refractivity contribution in [2.45, 2.75) is 25.9 Å². The first-order valence-electron chi connectivity index (χ1n) is 7.67. The average molecular weight is 323 g/mol. The van der Waals surface area contributed by atoms with Crippen molar-refractivity contribution in [3.8, 4) is 0 Å². The van der Waals surface area contributed by atoms with Crippen molar-refractivity contribution in [2.24, 2.45) is 0 Å². The van der Waals surface area contributed by atoms with Gasteiger partial charge in [0.2, 0.25) is 5.91 Å². The van der Waals surface area contributed by atoms with Crippen molar-refractivity contribution in [2.75, 3.05) is 0 Å². The minimum atomic E-state index is -0.240. The van der Waals surface area contributed by atoms with Crippen molar-refractivity contribution in [3.05, 3.63) is 64.7 Å². The number of rotatable bonds is 5. The smallest absolute Gasteiger partial charge is 0.277 e. The Kier molecular flexibility index (Phi) is 4.60. The number of aromatic nitrogens is 4. The minimum Gasteiger partial charge on any atom is -0.350 e. The molecule has 0 fully saturated rings. The number of fused-ring (bicyclic) bond motifs is 1. The van der Waals surface area contributed by atoms with Gasteiger partial charge < -0.3 is 5.32 Å². The molecule has 0 bridgehead atoms. The summed E-state index contributed by atoms with van der Waals surface area (Å²) in [5.74, 6) is -0.152. The van der Waals surface area contributed by atoms with E-state index in [1.807, 2.05) is 19.1 Å². The fourth-order valence-corrected chi connectivity index (χ4v) is 2.43. The summed E-state index contributed by atoms with van der Waals surface area (Å²) in [6.45, 7) is 2.08. The molecule has 3 rings (SSSR count). The van der Waals surface area contributed by atoms with Gasteiger partial charge in [0.25, 0.3) is 5.56 Å². The van der Waals surface area contributed by atoms with E-state index in [1.165, 1.54) is 4.68 Å². The second kappa shape index (κ2) is 6.99. The molecule has 0 aliphatic rings. The normalized spacial score (nSPS) is 12.0. The summed E-state index contributed by atoms with van der Waals surface area (Å²) in [5, 5.41) is 11.3. The van der Waals surface area contributed by atoms with Crippen molar-refractivity contribution in [1.29, 1.82) is 0 Å². The standard InChI is InChI=1S/C17H17N5O2/c1-12(13-6-9-18-10-7-13)19-16(23)8-11-22-17(24)14-4-2-3-5-15(14)20-21-22/h2-7,9-10,12H,8,11H2,1H3,(H,19,23). The van der Waals surface area contributed by atoms with Crippen LogP contribution in [0.1, 0.15) is 24.9 Å². The van der Waals surface area contributed by atoms with Gasteiger partial charge >= 0.3 is 0 Å². The summed E-state index contributed by atoms with van der Waals surface area (Å²) in [5.41, 5.74) is 1.28. The fraction of sp³-hybridized carbons (Fsp3) is 0.235. The van der Waals surface area contributed by atoms with Crippen LogP contribution in [0.5, 0.6) is 0 Å².